The Hall–Kier alpha value is -0.963. The average Bonchev–Trinajstić information content (AvgIpc) is 2.04. The molecule has 1 rings (SSSR count). The molecule has 0 amide bonds. The molecule has 0 aliphatic rings. The third-order valence-electron chi connectivity index (χ3n) is 2.24. The summed E-state index contributed by atoms with van der Waals surface area (Å²) in [5.74, 6) is 1.92. The highest BCUT2D eigenvalue weighted by molar-refractivity contribution is 6.34. The van der Waals surface area contributed by atoms with E-state index in [0.717, 1.165) is 27.3 Å². The SMILES string of the molecule is COc1c(C)cc([SiH3])c(OC)c1C. The van der Waals surface area contributed by atoms with E-state index in [2.05, 4.69) is 13.0 Å². The summed E-state index contributed by atoms with van der Waals surface area (Å²) in [6.07, 6.45) is 0. The first-order valence-corrected chi connectivity index (χ1v) is 5.30. The van der Waals surface area contributed by atoms with Crippen molar-refractivity contribution in [2.45, 2.75) is 13.8 Å². The van der Waals surface area contributed by atoms with E-state index in [1.807, 2.05) is 6.92 Å². The van der Waals surface area contributed by atoms with Gasteiger partial charge in [-0.2, -0.15) is 0 Å². The van der Waals surface area contributed by atoms with Gasteiger partial charge in [0.15, 0.2) is 0 Å². The summed E-state index contributed by atoms with van der Waals surface area (Å²) >= 11 is 0. The van der Waals surface area contributed by atoms with Crippen molar-refractivity contribution in [2.24, 2.45) is 0 Å². The third-order valence-corrected chi connectivity index (χ3v) is 2.98. The first kappa shape index (κ1) is 10.1. The maximum atomic E-state index is 5.33. The maximum Gasteiger partial charge on any atom is 0.128 e. The number of aryl methyl sites for hydroxylation is 1. The first-order valence-electron chi connectivity index (χ1n) is 4.30. The molecule has 3 heteroatoms. The monoisotopic (exact) mass is 196 g/mol. The lowest BCUT2D eigenvalue weighted by Gasteiger charge is -2.14. The Morgan fingerprint density at radius 2 is 1.62 bits per heavy atom. The fourth-order valence-corrected chi connectivity index (χ4v) is 2.79. The van der Waals surface area contributed by atoms with Crippen LogP contribution in [0.5, 0.6) is 11.5 Å². The van der Waals surface area contributed by atoms with Crippen LogP contribution < -0.4 is 14.7 Å². The van der Waals surface area contributed by atoms with Gasteiger partial charge < -0.3 is 9.47 Å². The molecule has 0 aliphatic heterocycles. The smallest absolute Gasteiger partial charge is 0.128 e. The number of hydrogen-bond acceptors (Lipinski definition) is 2. The molecule has 0 N–H and O–H groups in total. The van der Waals surface area contributed by atoms with Gasteiger partial charge in [-0.1, -0.05) is 6.07 Å². The van der Waals surface area contributed by atoms with Crippen LogP contribution in [0.1, 0.15) is 11.1 Å². The van der Waals surface area contributed by atoms with Crippen LogP contribution in [-0.4, -0.2) is 24.5 Å². The Bertz CT molecular complexity index is 293. The van der Waals surface area contributed by atoms with E-state index in [1.165, 1.54) is 10.8 Å². The summed E-state index contributed by atoms with van der Waals surface area (Å²) in [4.78, 5) is 0. The van der Waals surface area contributed by atoms with Gasteiger partial charge in [0, 0.05) is 15.8 Å². The van der Waals surface area contributed by atoms with E-state index in [1.54, 1.807) is 14.2 Å². The van der Waals surface area contributed by atoms with Crippen LogP contribution >= 0.6 is 0 Å². The van der Waals surface area contributed by atoms with Gasteiger partial charge in [0.2, 0.25) is 0 Å². The molecule has 72 valence electrons. The van der Waals surface area contributed by atoms with Gasteiger partial charge in [0.05, 0.1) is 14.2 Å². The molecule has 2 nitrogen and oxygen atoms in total. The lowest BCUT2D eigenvalue weighted by atomic mass is 10.1. The van der Waals surface area contributed by atoms with Crippen molar-refractivity contribution in [3.63, 3.8) is 0 Å². The molecule has 1 aromatic carbocycles. The number of ether oxygens (including phenoxy) is 2. The Morgan fingerprint density at radius 1 is 1.08 bits per heavy atom. The van der Waals surface area contributed by atoms with Gasteiger partial charge in [-0.3, -0.25) is 0 Å². The zero-order valence-electron chi connectivity index (χ0n) is 8.89. The van der Waals surface area contributed by atoms with Gasteiger partial charge in [0.1, 0.15) is 11.5 Å². The van der Waals surface area contributed by atoms with Crippen molar-refractivity contribution < 1.29 is 9.47 Å². The van der Waals surface area contributed by atoms with E-state index >= 15 is 0 Å². The minimum absolute atomic E-state index is 0.941. The van der Waals surface area contributed by atoms with Gasteiger partial charge in [-0.05, 0) is 24.6 Å². The molecule has 0 radical (unpaired) electrons. The molecule has 0 heterocycles. The molecular weight excluding hydrogens is 180 g/mol. The van der Waals surface area contributed by atoms with Gasteiger partial charge in [-0.25, -0.2) is 0 Å². The van der Waals surface area contributed by atoms with E-state index in [0.29, 0.717) is 0 Å². The van der Waals surface area contributed by atoms with Crippen molar-refractivity contribution in [1.82, 2.24) is 0 Å². The Balaban J connectivity index is 3.39. The van der Waals surface area contributed by atoms with E-state index in [-0.39, 0.29) is 0 Å². The zero-order valence-corrected chi connectivity index (χ0v) is 10.9. The number of benzene rings is 1. The molecule has 0 fully saturated rings. The van der Waals surface area contributed by atoms with Crippen molar-refractivity contribution in [1.29, 1.82) is 0 Å². The first-order chi connectivity index (χ1) is 6.11. The molecule has 0 unspecified atom stereocenters. The lowest BCUT2D eigenvalue weighted by Crippen LogP contribution is -2.11. The minimum Gasteiger partial charge on any atom is -0.497 e. The molecule has 0 aliphatic carbocycles. The highest BCUT2D eigenvalue weighted by Crippen LogP contribution is 2.28. The van der Waals surface area contributed by atoms with Crippen molar-refractivity contribution in [2.75, 3.05) is 14.2 Å². The van der Waals surface area contributed by atoms with Crippen LogP contribution in [0.15, 0.2) is 6.07 Å². The number of methoxy groups -OCH3 is 2. The largest absolute Gasteiger partial charge is 0.497 e. The molecule has 13 heavy (non-hydrogen) atoms. The molecule has 0 spiro atoms. The predicted octanol–water partition coefficient (Wildman–Crippen LogP) is 0.311. The fraction of sp³-hybridized carbons (Fsp3) is 0.400. The topological polar surface area (TPSA) is 18.5 Å². The lowest BCUT2D eigenvalue weighted by molar-refractivity contribution is 0.389. The summed E-state index contributed by atoms with van der Waals surface area (Å²) < 4.78 is 10.6. The fourth-order valence-electron chi connectivity index (χ4n) is 1.78. The second-order valence-corrected chi connectivity index (χ2v) is 4.28. The second-order valence-electron chi connectivity index (χ2n) is 3.20. The highest BCUT2D eigenvalue weighted by Gasteiger charge is 2.10. The highest BCUT2D eigenvalue weighted by atomic mass is 28.1. The zero-order chi connectivity index (χ0) is 10.0. The van der Waals surface area contributed by atoms with Crippen LogP contribution in [0.3, 0.4) is 0 Å². The van der Waals surface area contributed by atoms with Crippen molar-refractivity contribution in [3.8, 4) is 11.5 Å². The van der Waals surface area contributed by atoms with Crippen molar-refractivity contribution >= 4 is 15.4 Å². The average molecular weight is 196 g/mol. The Kier molecular flexibility index (Phi) is 2.98. The predicted molar refractivity (Wildman–Crippen MR) is 58.6 cm³/mol. The third kappa shape index (κ3) is 1.70. The molecule has 0 aromatic heterocycles. The second kappa shape index (κ2) is 3.83. The standard InChI is InChI=1S/C10H16O2Si/c1-6-5-8(13)10(12-4)7(2)9(6)11-3/h5H,1-4,13H3. The van der Waals surface area contributed by atoms with Crippen LogP contribution in [-0.2, 0) is 0 Å². The van der Waals surface area contributed by atoms with E-state index in [4.69, 9.17) is 9.47 Å². The summed E-state index contributed by atoms with van der Waals surface area (Å²) in [6, 6.07) is 2.14. The summed E-state index contributed by atoms with van der Waals surface area (Å²) in [5.41, 5.74) is 2.29. The number of hydrogen-bond donors (Lipinski definition) is 0. The molecule has 1 aromatic rings. The van der Waals surface area contributed by atoms with Gasteiger partial charge >= 0.3 is 0 Å². The molecule has 0 bridgehead atoms. The molecular formula is C10H16O2Si. The number of rotatable bonds is 2. The summed E-state index contributed by atoms with van der Waals surface area (Å²) in [6.45, 7) is 4.10. The Morgan fingerprint density at radius 3 is 2.08 bits per heavy atom. The van der Waals surface area contributed by atoms with Crippen LogP contribution in [0.25, 0.3) is 0 Å². The molecule has 0 atom stereocenters. The van der Waals surface area contributed by atoms with Crippen molar-refractivity contribution in [3.05, 3.63) is 17.2 Å². The van der Waals surface area contributed by atoms with E-state index in [9.17, 15) is 0 Å². The van der Waals surface area contributed by atoms with Crippen LogP contribution in [0.4, 0.5) is 0 Å². The van der Waals surface area contributed by atoms with Crippen LogP contribution in [0.2, 0.25) is 0 Å². The van der Waals surface area contributed by atoms with Gasteiger partial charge in [0.25, 0.3) is 0 Å². The Labute approximate surface area is 82.3 Å². The maximum absolute atomic E-state index is 5.33. The van der Waals surface area contributed by atoms with E-state index < -0.39 is 0 Å². The molecule has 0 saturated carbocycles. The quantitative estimate of drug-likeness (QED) is 0.634. The minimum atomic E-state index is 0.941. The molecule has 0 saturated heterocycles. The summed E-state index contributed by atoms with van der Waals surface area (Å²) in [5, 5.41) is 1.29. The normalized spacial score (nSPS) is 10.2. The summed E-state index contributed by atoms with van der Waals surface area (Å²) in [7, 11) is 4.41. The van der Waals surface area contributed by atoms with Crippen LogP contribution in [0, 0.1) is 13.8 Å². The van der Waals surface area contributed by atoms with Gasteiger partial charge in [-0.15, -0.1) is 0 Å².